The number of rotatable bonds is 37. The normalized spacial score (nSPS) is 18.0. The largest absolute Gasteiger partial charge is 0.498 e. The minimum absolute atomic E-state index is 0.00398. The zero-order valence-electron chi connectivity index (χ0n) is 33.2. The van der Waals surface area contributed by atoms with Gasteiger partial charge in [0.1, 0.15) is 6.61 Å². The summed E-state index contributed by atoms with van der Waals surface area (Å²) in [6.07, 6.45) is 47.8. The summed E-state index contributed by atoms with van der Waals surface area (Å²) in [5.41, 5.74) is 5.35. The molecule has 1 fully saturated rings. The molecular formula is C43H74NO8P. The molecule has 10 heteroatoms. The van der Waals surface area contributed by atoms with Crippen LogP contribution in [0, 0.1) is 0 Å². The Morgan fingerprint density at radius 3 is 1.83 bits per heavy atom. The summed E-state index contributed by atoms with van der Waals surface area (Å²) in [6, 6.07) is 0. The van der Waals surface area contributed by atoms with Crippen LogP contribution in [0.15, 0.2) is 73.1 Å². The SMILES string of the molecule is CCC=CCC1OC1CC=CCC=CCC=CCC=CCCC(=O)OC(COC=CCCCCCCCCCCCCCC)COP(=O)(O)OCCN. The van der Waals surface area contributed by atoms with Gasteiger partial charge in [0, 0.05) is 13.0 Å². The van der Waals surface area contributed by atoms with Gasteiger partial charge in [0.15, 0.2) is 6.10 Å². The van der Waals surface area contributed by atoms with E-state index in [9.17, 15) is 14.3 Å². The van der Waals surface area contributed by atoms with Crippen LogP contribution in [0.3, 0.4) is 0 Å². The second kappa shape index (κ2) is 35.4. The summed E-state index contributed by atoms with van der Waals surface area (Å²) < 4.78 is 38.7. The van der Waals surface area contributed by atoms with E-state index in [1.165, 1.54) is 70.6 Å². The molecule has 304 valence electrons. The Morgan fingerprint density at radius 2 is 1.25 bits per heavy atom. The maximum atomic E-state index is 12.5. The Bertz CT molecular complexity index is 1100. The van der Waals surface area contributed by atoms with Crippen LogP contribution in [0.5, 0.6) is 0 Å². The van der Waals surface area contributed by atoms with Crippen molar-refractivity contribution in [3.05, 3.63) is 73.1 Å². The number of esters is 1. The molecule has 3 N–H and O–H groups in total. The number of phosphoric ester groups is 1. The van der Waals surface area contributed by atoms with Gasteiger partial charge < -0.3 is 24.8 Å². The predicted octanol–water partition coefficient (Wildman–Crippen LogP) is 11.3. The fraction of sp³-hybridized carbons (Fsp3) is 0.698. The number of allylic oxidation sites excluding steroid dienone is 9. The van der Waals surface area contributed by atoms with E-state index >= 15 is 0 Å². The second-order valence-corrected chi connectivity index (χ2v) is 15.0. The number of unbranched alkanes of at least 4 members (excludes halogenated alkanes) is 12. The molecule has 4 atom stereocenters. The molecule has 0 aromatic rings. The van der Waals surface area contributed by atoms with Gasteiger partial charge in [-0.25, -0.2) is 4.57 Å². The zero-order chi connectivity index (χ0) is 38.5. The number of hydrogen-bond donors (Lipinski definition) is 2. The van der Waals surface area contributed by atoms with Crippen molar-refractivity contribution in [2.75, 3.05) is 26.4 Å². The van der Waals surface area contributed by atoms with Gasteiger partial charge in [0.2, 0.25) is 0 Å². The predicted molar refractivity (Wildman–Crippen MR) is 218 cm³/mol. The summed E-state index contributed by atoms with van der Waals surface area (Å²) >= 11 is 0. The third kappa shape index (κ3) is 32.9. The van der Waals surface area contributed by atoms with Gasteiger partial charge in [0.05, 0.1) is 31.7 Å². The van der Waals surface area contributed by atoms with Crippen LogP contribution in [0.4, 0.5) is 0 Å². The number of epoxide rings is 1. The summed E-state index contributed by atoms with van der Waals surface area (Å²) in [6.45, 7) is 4.01. The van der Waals surface area contributed by atoms with Crippen LogP contribution in [0.1, 0.15) is 149 Å². The molecular weight excluding hydrogens is 689 g/mol. The van der Waals surface area contributed by atoms with E-state index in [0.29, 0.717) is 18.6 Å². The topological polar surface area (TPSA) is 130 Å². The zero-order valence-corrected chi connectivity index (χ0v) is 34.1. The van der Waals surface area contributed by atoms with Crippen molar-refractivity contribution in [2.45, 2.75) is 167 Å². The van der Waals surface area contributed by atoms with Crippen molar-refractivity contribution in [3.8, 4) is 0 Å². The first kappa shape index (κ1) is 48.8. The van der Waals surface area contributed by atoms with Crippen LogP contribution in [0.2, 0.25) is 0 Å². The minimum atomic E-state index is -4.32. The fourth-order valence-electron chi connectivity index (χ4n) is 5.50. The third-order valence-corrected chi connectivity index (χ3v) is 9.60. The van der Waals surface area contributed by atoms with E-state index < -0.39 is 19.9 Å². The van der Waals surface area contributed by atoms with Crippen LogP contribution >= 0.6 is 7.82 Å². The van der Waals surface area contributed by atoms with E-state index in [-0.39, 0.29) is 32.8 Å². The molecule has 1 aliphatic rings. The summed E-state index contributed by atoms with van der Waals surface area (Å²) in [5, 5.41) is 0. The molecule has 0 saturated carbocycles. The van der Waals surface area contributed by atoms with Crippen LogP contribution in [0.25, 0.3) is 0 Å². The first-order chi connectivity index (χ1) is 25.9. The van der Waals surface area contributed by atoms with E-state index in [1.807, 2.05) is 18.2 Å². The van der Waals surface area contributed by atoms with Gasteiger partial charge >= 0.3 is 13.8 Å². The van der Waals surface area contributed by atoms with Crippen LogP contribution in [-0.2, 0) is 32.6 Å². The van der Waals surface area contributed by atoms with Crippen molar-refractivity contribution in [1.29, 1.82) is 0 Å². The maximum absolute atomic E-state index is 12.5. The lowest BCUT2D eigenvalue weighted by Gasteiger charge is -2.19. The Kier molecular flexibility index (Phi) is 32.6. The quantitative estimate of drug-likeness (QED) is 0.0159. The van der Waals surface area contributed by atoms with Crippen molar-refractivity contribution in [2.24, 2.45) is 5.73 Å². The third-order valence-electron chi connectivity index (χ3n) is 8.62. The van der Waals surface area contributed by atoms with Crippen molar-refractivity contribution >= 4 is 13.8 Å². The first-order valence-corrected chi connectivity index (χ1v) is 22.1. The molecule has 0 bridgehead atoms. The standard InChI is InChI=1S/C43H74NO8P/c1-3-5-7-8-9-10-11-12-15-18-21-24-27-31-36-48-38-40(39-50-53(46,47)49-37-35-44)51-43(45)34-30-26-23-20-17-14-13-16-19-22-25-29-33-42-41(52-42)32-28-6-4-2/h6,14,16-17,19,23,25-26,28-29,31,36,40-42H,3-5,7-13,15,18,20-22,24,27,30,32-35,37-39,44H2,1-2H3,(H,46,47). The molecule has 0 radical (unpaired) electrons. The van der Waals surface area contributed by atoms with Crippen molar-refractivity contribution in [1.82, 2.24) is 0 Å². The molecule has 1 aliphatic heterocycles. The van der Waals surface area contributed by atoms with Gasteiger partial charge in [-0.15, -0.1) is 0 Å². The molecule has 0 amide bonds. The lowest BCUT2D eigenvalue weighted by Crippen LogP contribution is -2.27. The molecule has 0 spiro atoms. The molecule has 53 heavy (non-hydrogen) atoms. The average molecular weight is 764 g/mol. The molecule has 4 unspecified atom stereocenters. The molecule has 1 saturated heterocycles. The number of carbonyl (C=O) groups excluding carboxylic acids is 1. The number of nitrogens with two attached hydrogens (primary N) is 1. The van der Waals surface area contributed by atoms with Gasteiger partial charge in [-0.1, -0.05) is 145 Å². The molecule has 0 aromatic carbocycles. The number of hydrogen-bond acceptors (Lipinski definition) is 8. The number of phosphoric acid groups is 1. The van der Waals surface area contributed by atoms with E-state index in [2.05, 4.69) is 62.5 Å². The summed E-state index contributed by atoms with van der Waals surface area (Å²) in [5.74, 6) is -0.439. The average Bonchev–Trinajstić information content (AvgIpc) is 3.90. The first-order valence-electron chi connectivity index (χ1n) is 20.6. The van der Waals surface area contributed by atoms with Gasteiger partial charge in [0.25, 0.3) is 0 Å². The Morgan fingerprint density at radius 1 is 0.698 bits per heavy atom. The maximum Gasteiger partial charge on any atom is 0.472 e. The second-order valence-electron chi connectivity index (χ2n) is 13.6. The Hall–Kier alpha value is -2.26. The molecule has 1 rings (SSSR count). The van der Waals surface area contributed by atoms with Crippen LogP contribution < -0.4 is 5.73 Å². The Labute approximate surface area is 322 Å². The monoisotopic (exact) mass is 764 g/mol. The highest BCUT2D eigenvalue weighted by molar-refractivity contribution is 7.47. The molecule has 0 aliphatic carbocycles. The van der Waals surface area contributed by atoms with E-state index in [4.69, 9.17) is 29.0 Å². The highest BCUT2D eigenvalue weighted by atomic mass is 31.2. The number of ether oxygens (including phenoxy) is 3. The van der Waals surface area contributed by atoms with Crippen molar-refractivity contribution in [3.63, 3.8) is 0 Å². The highest BCUT2D eigenvalue weighted by Crippen LogP contribution is 2.43. The minimum Gasteiger partial charge on any atom is -0.498 e. The lowest BCUT2D eigenvalue weighted by molar-refractivity contribution is -0.153. The van der Waals surface area contributed by atoms with E-state index in [0.717, 1.165) is 51.4 Å². The summed E-state index contributed by atoms with van der Waals surface area (Å²) in [7, 11) is -4.32. The van der Waals surface area contributed by atoms with Gasteiger partial charge in [-0.3, -0.25) is 13.8 Å². The van der Waals surface area contributed by atoms with E-state index in [1.54, 1.807) is 6.26 Å². The highest BCUT2D eigenvalue weighted by Gasteiger charge is 2.35. The molecule has 0 aromatic heterocycles. The number of carbonyl (C=O) groups is 1. The molecule has 9 nitrogen and oxygen atoms in total. The lowest BCUT2D eigenvalue weighted by atomic mass is 10.0. The van der Waals surface area contributed by atoms with Crippen molar-refractivity contribution < 1.29 is 37.5 Å². The molecule has 1 heterocycles. The summed E-state index contributed by atoms with van der Waals surface area (Å²) in [4.78, 5) is 22.4. The fourth-order valence-corrected chi connectivity index (χ4v) is 6.26. The Balaban J connectivity index is 2.22. The van der Waals surface area contributed by atoms with Crippen LogP contribution in [-0.4, -0.2) is 55.5 Å². The van der Waals surface area contributed by atoms with Gasteiger partial charge in [-0.2, -0.15) is 0 Å². The smallest absolute Gasteiger partial charge is 0.472 e. The van der Waals surface area contributed by atoms with Gasteiger partial charge in [-0.05, 0) is 63.9 Å².